The van der Waals surface area contributed by atoms with Gasteiger partial charge in [-0.3, -0.25) is 0 Å². The van der Waals surface area contributed by atoms with Gasteiger partial charge < -0.3 is 14.8 Å². The van der Waals surface area contributed by atoms with Crippen molar-refractivity contribution < 1.29 is 9.47 Å². The lowest BCUT2D eigenvalue weighted by molar-refractivity contribution is 0.285. The largest absolute Gasteiger partial charge is 0.493 e. The van der Waals surface area contributed by atoms with E-state index in [1.54, 1.807) is 7.11 Å². The van der Waals surface area contributed by atoms with Crippen LogP contribution in [-0.4, -0.2) is 26.8 Å². The first-order valence-corrected chi connectivity index (χ1v) is 7.32. The molecule has 0 amide bonds. The predicted octanol–water partition coefficient (Wildman–Crippen LogP) is 3.42. The topological polar surface area (TPSA) is 30.5 Å². The van der Waals surface area contributed by atoms with Crippen LogP contribution in [0.2, 0.25) is 0 Å². The number of hydrogen-bond acceptors (Lipinski definition) is 3. The number of aryl methyl sites for hydroxylation is 1. The lowest BCUT2D eigenvalue weighted by atomic mass is 10.1. The molecule has 0 bridgehead atoms. The molecular weight excluding hydrogens is 238 g/mol. The van der Waals surface area contributed by atoms with Crippen LogP contribution in [0, 0.1) is 0 Å². The van der Waals surface area contributed by atoms with Crippen LogP contribution >= 0.6 is 0 Å². The molecule has 0 heterocycles. The second-order valence-corrected chi connectivity index (χ2v) is 4.64. The molecule has 0 saturated heterocycles. The molecule has 0 fully saturated rings. The van der Waals surface area contributed by atoms with Gasteiger partial charge in [0.1, 0.15) is 0 Å². The Balaban J connectivity index is 2.28. The standard InChI is InChI=1S/C16H27NO2/c1-4-10-17-11-6-7-12-19-15-9-8-14(5-2)13-16(15)18-3/h8-9,13,17H,4-7,10-12H2,1-3H3. The first-order valence-electron chi connectivity index (χ1n) is 7.32. The molecule has 0 aliphatic rings. The summed E-state index contributed by atoms with van der Waals surface area (Å²) in [4.78, 5) is 0. The molecule has 1 rings (SSSR count). The fourth-order valence-corrected chi connectivity index (χ4v) is 1.89. The summed E-state index contributed by atoms with van der Waals surface area (Å²) in [5.74, 6) is 1.68. The number of nitrogens with one attached hydrogen (secondary N) is 1. The summed E-state index contributed by atoms with van der Waals surface area (Å²) in [5.41, 5.74) is 1.27. The monoisotopic (exact) mass is 265 g/mol. The molecule has 0 aliphatic heterocycles. The Morgan fingerprint density at radius 2 is 1.89 bits per heavy atom. The Morgan fingerprint density at radius 1 is 1.05 bits per heavy atom. The lowest BCUT2D eigenvalue weighted by Gasteiger charge is -2.12. The third-order valence-corrected chi connectivity index (χ3v) is 3.07. The maximum Gasteiger partial charge on any atom is 0.161 e. The highest BCUT2D eigenvalue weighted by Crippen LogP contribution is 2.28. The zero-order valence-corrected chi connectivity index (χ0v) is 12.5. The summed E-state index contributed by atoms with van der Waals surface area (Å²) < 4.78 is 11.1. The Hall–Kier alpha value is -1.22. The molecule has 3 heteroatoms. The second-order valence-electron chi connectivity index (χ2n) is 4.64. The summed E-state index contributed by atoms with van der Waals surface area (Å²) >= 11 is 0. The van der Waals surface area contributed by atoms with Crippen molar-refractivity contribution in [3.63, 3.8) is 0 Å². The Bertz CT molecular complexity index is 353. The van der Waals surface area contributed by atoms with Crippen molar-refractivity contribution in [2.75, 3.05) is 26.8 Å². The molecule has 0 atom stereocenters. The first-order chi connectivity index (χ1) is 9.31. The van der Waals surface area contributed by atoms with Crippen molar-refractivity contribution >= 4 is 0 Å². The van der Waals surface area contributed by atoms with Crippen LogP contribution in [0.4, 0.5) is 0 Å². The number of unbranched alkanes of at least 4 members (excludes halogenated alkanes) is 1. The molecule has 1 aromatic carbocycles. The van der Waals surface area contributed by atoms with Gasteiger partial charge in [-0.15, -0.1) is 0 Å². The molecule has 0 saturated carbocycles. The molecule has 108 valence electrons. The van der Waals surface area contributed by atoms with Crippen molar-refractivity contribution in [1.82, 2.24) is 5.32 Å². The van der Waals surface area contributed by atoms with Crippen LogP contribution in [-0.2, 0) is 6.42 Å². The van der Waals surface area contributed by atoms with Crippen molar-refractivity contribution in [1.29, 1.82) is 0 Å². The van der Waals surface area contributed by atoms with Crippen molar-refractivity contribution in [3.8, 4) is 11.5 Å². The second kappa shape index (κ2) is 9.68. The average Bonchev–Trinajstić information content (AvgIpc) is 2.46. The minimum absolute atomic E-state index is 0.746. The first kappa shape index (κ1) is 15.8. The highest BCUT2D eigenvalue weighted by molar-refractivity contribution is 5.42. The maximum atomic E-state index is 5.78. The molecule has 0 aromatic heterocycles. The minimum atomic E-state index is 0.746. The summed E-state index contributed by atoms with van der Waals surface area (Å²) in [6, 6.07) is 6.16. The normalized spacial score (nSPS) is 10.5. The molecule has 3 nitrogen and oxygen atoms in total. The fourth-order valence-electron chi connectivity index (χ4n) is 1.89. The van der Waals surface area contributed by atoms with E-state index in [1.807, 2.05) is 6.07 Å². The van der Waals surface area contributed by atoms with E-state index in [9.17, 15) is 0 Å². The van der Waals surface area contributed by atoms with Crippen molar-refractivity contribution in [2.45, 2.75) is 39.5 Å². The van der Waals surface area contributed by atoms with E-state index in [0.29, 0.717) is 0 Å². The van der Waals surface area contributed by atoms with E-state index in [0.717, 1.165) is 50.5 Å². The number of hydrogen-bond donors (Lipinski definition) is 1. The van der Waals surface area contributed by atoms with Gasteiger partial charge in [-0.2, -0.15) is 0 Å². The van der Waals surface area contributed by atoms with Gasteiger partial charge in [-0.25, -0.2) is 0 Å². The van der Waals surface area contributed by atoms with E-state index in [4.69, 9.17) is 9.47 Å². The van der Waals surface area contributed by atoms with E-state index in [-0.39, 0.29) is 0 Å². The Kier molecular flexibility index (Phi) is 8.07. The molecule has 0 spiro atoms. The molecule has 0 aliphatic carbocycles. The van der Waals surface area contributed by atoms with E-state index >= 15 is 0 Å². The van der Waals surface area contributed by atoms with Crippen LogP contribution in [0.15, 0.2) is 18.2 Å². The van der Waals surface area contributed by atoms with Gasteiger partial charge in [0.2, 0.25) is 0 Å². The summed E-state index contributed by atoms with van der Waals surface area (Å²) in [6.07, 6.45) is 4.42. The lowest BCUT2D eigenvalue weighted by Crippen LogP contribution is -2.16. The van der Waals surface area contributed by atoms with Gasteiger partial charge in [-0.05, 0) is 56.5 Å². The van der Waals surface area contributed by atoms with Crippen molar-refractivity contribution in [3.05, 3.63) is 23.8 Å². The average molecular weight is 265 g/mol. The summed E-state index contributed by atoms with van der Waals surface area (Å²) in [5, 5.41) is 3.39. The van der Waals surface area contributed by atoms with Crippen LogP contribution in [0.25, 0.3) is 0 Å². The Labute approximate surface area is 117 Å². The number of rotatable bonds is 10. The van der Waals surface area contributed by atoms with E-state index in [1.165, 1.54) is 12.0 Å². The summed E-state index contributed by atoms with van der Waals surface area (Å²) in [6.45, 7) is 7.24. The fraction of sp³-hybridized carbons (Fsp3) is 0.625. The van der Waals surface area contributed by atoms with Gasteiger partial charge in [0.25, 0.3) is 0 Å². The van der Waals surface area contributed by atoms with Gasteiger partial charge in [0.15, 0.2) is 11.5 Å². The predicted molar refractivity (Wildman–Crippen MR) is 80.3 cm³/mol. The Morgan fingerprint density at radius 3 is 2.58 bits per heavy atom. The van der Waals surface area contributed by atoms with E-state index in [2.05, 4.69) is 31.3 Å². The smallest absolute Gasteiger partial charge is 0.161 e. The van der Waals surface area contributed by atoms with E-state index < -0.39 is 0 Å². The third-order valence-electron chi connectivity index (χ3n) is 3.07. The molecule has 1 N–H and O–H groups in total. The molecule has 1 aromatic rings. The van der Waals surface area contributed by atoms with Gasteiger partial charge in [0, 0.05) is 0 Å². The van der Waals surface area contributed by atoms with Gasteiger partial charge in [-0.1, -0.05) is 19.9 Å². The number of benzene rings is 1. The maximum absolute atomic E-state index is 5.78. The number of ether oxygens (including phenoxy) is 2. The number of methoxy groups -OCH3 is 1. The highest BCUT2D eigenvalue weighted by Gasteiger charge is 2.04. The zero-order valence-electron chi connectivity index (χ0n) is 12.5. The van der Waals surface area contributed by atoms with Crippen molar-refractivity contribution in [2.24, 2.45) is 0 Å². The molecule has 0 unspecified atom stereocenters. The highest BCUT2D eigenvalue weighted by atomic mass is 16.5. The third kappa shape index (κ3) is 5.97. The molecule has 0 radical (unpaired) electrons. The van der Waals surface area contributed by atoms with Crippen LogP contribution in [0.3, 0.4) is 0 Å². The minimum Gasteiger partial charge on any atom is -0.493 e. The van der Waals surface area contributed by atoms with Gasteiger partial charge in [0.05, 0.1) is 13.7 Å². The SMILES string of the molecule is CCCNCCCCOc1ccc(CC)cc1OC. The van der Waals surface area contributed by atoms with Crippen LogP contribution in [0.1, 0.15) is 38.7 Å². The van der Waals surface area contributed by atoms with Crippen LogP contribution < -0.4 is 14.8 Å². The quantitative estimate of drug-likeness (QED) is 0.658. The molecule has 19 heavy (non-hydrogen) atoms. The van der Waals surface area contributed by atoms with Crippen LogP contribution in [0.5, 0.6) is 11.5 Å². The molecular formula is C16H27NO2. The summed E-state index contributed by atoms with van der Waals surface area (Å²) in [7, 11) is 1.69. The zero-order chi connectivity index (χ0) is 13.9. The van der Waals surface area contributed by atoms with Gasteiger partial charge >= 0.3 is 0 Å².